The number of rotatable bonds is 67. The minimum atomic E-state index is -1.68. The highest BCUT2D eigenvalue weighted by Gasteiger charge is 2.42. The molecule has 14 atom stereocenters. The molecule has 1 heterocycles. The molecule has 54 nitrogen and oxygen atoms in total. The van der Waals surface area contributed by atoms with E-state index in [0.717, 1.165) is 22.6 Å². The number of phenolic OH excluding ortho intramolecular Hbond substituents is 2. The zero-order chi connectivity index (χ0) is 109. The van der Waals surface area contributed by atoms with Gasteiger partial charge in [0.15, 0.2) is 23.8 Å². The summed E-state index contributed by atoms with van der Waals surface area (Å²) in [7, 11) is 0. The summed E-state index contributed by atoms with van der Waals surface area (Å²) in [4.78, 5) is 255. The third kappa shape index (κ3) is 46.6. The van der Waals surface area contributed by atoms with Crippen LogP contribution in [0.3, 0.4) is 0 Å². The number of carbonyl (C=O) groups is 18. The number of hydrogen-bond donors (Lipinski definition) is 37. The molecule has 148 heavy (non-hydrogen) atoms. The lowest BCUT2D eigenvalue weighted by Crippen LogP contribution is -2.61. The van der Waals surface area contributed by atoms with Crippen molar-refractivity contribution < 1.29 is 96.5 Å². The minimum Gasteiger partial charge on any atom is -0.508 e. The van der Waals surface area contributed by atoms with Crippen LogP contribution in [-0.2, 0) is 91.2 Å². The van der Waals surface area contributed by atoms with Crippen LogP contribution in [0, 0.1) is 21.6 Å². The molecule has 1 aliphatic heterocycles. The first-order chi connectivity index (χ1) is 70.4. The van der Waals surface area contributed by atoms with Crippen molar-refractivity contribution in [2.75, 3.05) is 70.4 Å². The van der Waals surface area contributed by atoms with Crippen molar-refractivity contribution in [2.24, 2.45) is 51.6 Å². The number of aromatic hydroxyl groups is 2. The van der Waals surface area contributed by atoms with Gasteiger partial charge >= 0.3 is 18.1 Å². The van der Waals surface area contributed by atoms with E-state index in [2.05, 4.69) is 132 Å². The normalized spacial score (nSPS) is 14.6. The van der Waals surface area contributed by atoms with Crippen molar-refractivity contribution in [1.29, 1.82) is 21.6 Å². The van der Waals surface area contributed by atoms with E-state index in [1.807, 2.05) is 18.2 Å². The first-order valence-electron chi connectivity index (χ1n) is 48.3. The highest BCUT2D eigenvalue weighted by atomic mass is 32.1. The Morgan fingerprint density at radius 3 is 0.946 bits per heavy atom. The van der Waals surface area contributed by atoms with Crippen molar-refractivity contribution in [2.45, 2.75) is 233 Å². The number of hydrogen-bond acceptors (Lipinski definition) is 27. The number of primary amides is 4. The lowest BCUT2D eigenvalue weighted by Gasteiger charge is -2.31. The molecule has 5 rings (SSSR count). The van der Waals surface area contributed by atoms with Gasteiger partial charge in [-0.15, -0.1) is 0 Å². The van der Waals surface area contributed by atoms with Crippen LogP contribution < -0.4 is 158 Å². The Bertz CT molecular complexity index is 5190. The van der Waals surface area contributed by atoms with Crippen LogP contribution in [0.2, 0.25) is 0 Å². The summed E-state index contributed by atoms with van der Waals surface area (Å²) >= 11 is 8.71. The zero-order valence-corrected chi connectivity index (χ0v) is 84.1. The number of guanidine groups is 4. The minimum absolute atomic E-state index is 0.00227. The number of benzene rings is 4. The second-order valence-electron chi connectivity index (χ2n) is 35.1. The maximum absolute atomic E-state index is 15.5. The van der Waals surface area contributed by atoms with Crippen LogP contribution in [0.5, 0.6) is 11.5 Å². The summed E-state index contributed by atoms with van der Waals surface area (Å²) in [6.07, 6.45) is -1.58. The van der Waals surface area contributed by atoms with Crippen molar-refractivity contribution in [1.82, 2.24) is 111 Å². The summed E-state index contributed by atoms with van der Waals surface area (Å²) < 4.78 is 0. The van der Waals surface area contributed by atoms with Gasteiger partial charge in [-0.3, -0.25) is 93.6 Å². The van der Waals surface area contributed by atoms with E-state index in [0.29, 0.717) is 16.7 Å². The number of nitrogens with zero attached hydrogens (tertiary/aromatic N) is 1. The third-order valence-corrected chi connectivity index (χ3v) is 24.0. The highest BCUT2D eigenvalue weighted by Crippen LogP contribution is 2.24. The number of likely N-dealkylation sites (tertiary alicyclic amines) is 1. The number of urea groups is 3. The van der Waals surface area contributed by atoms with Gasteiger partial charge in [-0.1, -0.05) is 66.7 Å². The molecular weight excluding hydrogens is 1970 g/mol. The lowest BCUT2D eigenvalue weighted by atomic mass is 10.00. The van der Waals surface area contributed by atoms with Gasteiger partial charge < -0.3 is 173 Å². The number of fused-ring (bicyclic) bond motifs is 1. The molecule has 0 saturated carbocycles. The predicted octanol–water partition coefficient (Wildman–Crippen LogP) is -7.54. The van der Waals surface area contributed by atoms with Crippen molar-refractivity contribution in [3.05, 3.63) is 108 Å². The Kier molecular flexibility index (Phi) is 54.5. The van der Waals surface area contributed by atoms with Gasteiger partial charge in [-0.2, -0.15) is 25.3 Å². The van der Waals surface area contributed by atoms with Gasteiger partial charge in [0.05, 0.1) is 0 Å². The number of amides is 21. The SMILES string of the molecule is CC(=O)N[C@@H](CCCNC(N)=O)C(=O)N[C@@H](CCCNC(=N)N)C(=O)N[C@@H](Cc1ccc2ccccc2c1)C(=O)N[C@@H](CS)C(=O)N[C@@H](Cc1ccc(O)cc1)C(=O)N[C@@H](CCCNC(=N)N)C(=O)N[C@@H](CCCCN)C(=O)N[C@H](CCCNC(N)=O)C(=O)N1CCC[C@H]1C(=O)N[C@@H](Cc1ccc(O)cc1)C(=O)N[C@@H](CCCNC(=N)N)C(=O)N[C@@H](CCCNC(N)=O)C(=O)N[C@@H](CS)C(=O)N[C@@H](CCCNC(=N)N)C(N)=O. The molecule has 1 fully saturated rings. The average molecular weight is 2110 g/mol. The van der Waals surface area contributed by atoms with Crippen LogP contribution in [0.1, 0.15) is 146 Å². The maximum atomic E-state index is 15.5. The van der Waals surface area contributed by atoms with Crippen LogP contribution in [0.25, 0.3) is 10.8 Å². The number of thiol groups is 2. The molecule has 0 bridgehead atoms. The van der Waals surface area contributed by atoms with Gasteiger partial charge in [0.25, 0.3) is 0 Å². The molecule has 4 aromatic rings. The van der Waals surface area contributed by atoms with Gasteiger partial charge in [-0.05, 0) is 180 Å². The quantitative estimate of drug-likeness (QED) is 0.00845. The third-order valence-electron chi connectivity index (χ3n) is 23.3. The molecule has 814 valence electrons. The van der Waals surface area contributed by atoms with Crippen LogP contribution >= 0.6 is 25.3 Å². The lowest BCUT2D eigenvalue weighted by molar-refractivity contribution is -0.142. The smallest absolute Gasteiger partial charge is 0.312 e. The molecule has 44 N–H and O–H groups in total. The summed E-state index contributed by atoms with van der Waals surface area (Å²) in [5.41, 5.74) is 50.9. The molecule has 56 heteroatoms. The van der Waals surface area contributed by atoms with E-state index in [9.17, 15) is 58.2 Å². The summed E-state index contributed by atoms with van der Waals surface area (Å²) in [5.74, 6) is -17.0. The van der Waals surface area contributed by atoms with E-state index >= 15 is 38.4 Å². The van der Waals surface area contributed by atoms with E-state index in [-0.39, 0.29) is 223 Å². The first-order valence-corrected chi connectivity index (χ1v) is 49.5. The average Bonchev–Trinajstić information content (AvgIpc) is 1.59. The fraction of sp³-hybridized carbons (Fsp3) is 0.522. The largest absolute Gasteiger partial charge is 0.508 e. The number of carbonyl (C=O) groups excluding carboxylic acids is 18. The van der Waals surface area contributed by atoms with Gasteiger partial charge in [0, 0.05) is 90.0 Å². The molecule has 4 aromatic carbocycles. The first kappa shape index (κ1) is 123. The van der Waals surface area contributed by atoms with Crippen molar-refractivity contribution in [3.63, 3.8) is 0 Å². The van der Waals surface area contributed by atoms with E-state index in [1.165, 1.54) is 48.5 Å². The van der Waals surface area contributed by atoms with Crippen LogP contribution in [0.4, 0.5) is 14.4 Å². The molecule has 21 amide bonds. The Balaban J connectivity index is 1.50. The molecule has 0 radical (unpaired) electrons. The maximum Gasteiger partial charge on any atom is 0.312 e. The Hall–Kier alpha value is -15.7. The number of nitrogens with one attached hydrogen (secondary N) is 24. The predicted molar refractivity (Wildman–Crippen MR) is 554 cm³/mol. The van der Waals surface area contributed by atoms with E-state index in [1.54, 1.807) is 24.3 Å². The molecule has 1 saturated heterocycles. The molecule has 0 spiro atoms. The summed E-state index contributed by atoms with van der Waals surface area (Å²) in [6.45, 7) is 0.914. The topological polar surface area (TPSA) is 921 Å². The van der Waals surface area contributed by atoms with Crippen molar-refractivity contribution >= 4 is 167 Å². The molecular formula is C92H144N34O20S2. The number of unbranched alkanes of at least 4 members (excludes halogenated alkanes) is 1. The highest BCUT2D eigenvalue weighted by molar-refractivity contribution is 7.80. The van der Waals surface area contributed by atoms with Gasteiger partial charge in [0.2, 0.25) is 88.6 Å². The van der Waals surface area contributed by atoms with Gasteiger partial charge in [0.1, 0.15) is 96.1 Å². The second-order valence-corrected chi connectivity index (χ2v) is 35.8. The molecule has 0 aromatic heterocycles. The number of phenols is 2. The van der Waals surface area contributed by atoms with Crippen LogP contribution in [0.15, 0.2) is 91.0 Å². The number of nitrogens with two attached hydrogens (primary N) is 9. The molecule has 0 unspecified atom stereocenters. The fourth-order valence-electron chi connectivity index (χ4n) is 15.7. The Morgan fingerprint density at radius 2 is 0.608 bits per heavy atom. The summed E-state index contributed by atoms with van der Waals surface area (Å²) in [6, 6.07) is -0.673. The summed E-state index contributed by atoms with van der Waals surface area (Å²) in [5, 5.41) is 105. The zero-order valence-electron chi connectivity index (χ0n) is 82.4. The van der Waals surface area contributed by atoms with Crippen molar-refractivity contribution in [3.8, 4) is 11.5 Å². The van der Waals surface area contributed by atoms with Gasteiger partial charge in [-0.25, -0.2) is 14.4 Å². The standard InChI is InChI=1S/C92H144N34O20S2/c1-50(127)113-59(18-10-40-110-90(103)144)73(131)116-63(21-9-39-109-89(101)102)77(135)121-68(47-53-25-30-54-14-2-3-15-55(54)44-53)81(139)125-70(49-148)83(141)122-66(45-51-26-31-56(128)32-27-51)79(137)118-61(19-7-37-107-87(97)98)74(132)115-60(16-4-5-35-93)76(134)120-65(23-12-42-112-92(105)146)85(143)126-43-13-24-71(126)84(142)123-67(46-52-28-33-57(129)34-29-52)80(138)119-62(20-8-38-108-88(99)100)75(133)117-64(22-11-41-111-91(104)145)78(136)124-69(48-147)82(140)114-58(72(94)130)17-6-36-106-86(95)96/h2-3,14-15,25-34,44,58-71,128-129,147-148H,4-13,16-24,35-43,45-49,93H2,1H3,(H2,94,130)(H,113,127)(H,114,140)(H,115,132)(H,116,131)(H,117,133)(H,118,137)(H,119,138)(H,120,134)(H,121,135)(H,122,141)(H,123,142)(H,124,136)(H,125,139)(H4,95,96,106)(H4,97,98,107)(H4,99,100,108)(H4,101,102,109)(H3,103,110,144)(H3,104,111,145)(H3,105,112,146)/t58-,59-,60-,61-,62-,63-,64-,65+,66-,67-,68-,69-,70-,71-/m0/s1. The molecule has 1 aliphatic rings. The van der Waals surface area contributed by atoms with Crippen LogP contribution in [-0.4, -0.2) is 301 Å². The van der Waals surface area contributed by atoms with E-state index < -0.39 is 215 Å². The monoisotopic (exact) mass is 2110 g/mol. The Labute approximate surface area is 865 Å². The Morgan fingerprint density at radius 1 is 0.331 bits per heavy atom. The fourth-order valence-corrected chi connectivity index (χ4v) is 16.2. The second kappa shape index (κ2) is 65.7. The molecule has 0 aliphatic carbocycles. The van der Waals surface area contributed by atoms with E-state index in [4.69, 9.17) is 73.2 Å².